The zero-order chi connectivity index (χ0) is 16.5. The van der Waals surface area contributed by atoms with Crippen LogP contribution in [0, 0.1) is 18.3 Å². The number of nitrogens with zero attached hydrogens (tertiary/aromatic N) is 1. The average Bonchev–Trinajstić information content (AvgIpc) is 2.57. The number of hydrogen-bond acceptors (Lipinski definition) is 5. The Morgan fingerprint density at radius 1 is 1.09 bits per heavy atom. The lowest BCUT2D eigenvalue weighted by Crippen LogP contribution is -2.18. The number of hydrogen-bond donors (Lipinski definition) is 0. The summed E-state index contributed by atoms with van der Waals surface area (Å²) in [7, 11) is 0. The van der Waals surface area contributed by atoms with Crippen LogP contribution in [-0.2, 0) is 9.53 Å². The Bertz CT molecular complexity index is 706. The molecule has 0 amide bonds. The van der Waals surface area contributed by atoms with Crippen molar-refractivity contribution in [1.29, 1.82) is 5.26 Å². The van der Waals surface area contributed by atoms with E-state index in [9.17, 15) is 4.79 Å². The number of carbonyl (C=O) groups is 1. The molecule has 0 aliphatic carbocycles. The zero-order valence-electron chi connectivity index (χ0n) is 12.8. The van der Waals surface area contributed by atoms with Crippen molar-refractivity contribution in [2.75, 3.05) is 19.8 Å². The number of esters is 1. The minimum Gasteiger partial charge on any atom is -0.490 e. The maximum absolute atomic E-state index is 11.6. The van der Waals surface area contributed by atoms with Crippen molar-refractivity contribution >= 4 is 5.97 Å². The molecular weight excluding hydrogens is 294 g/mol. The van der Waals surface area contributed by atoms with E-state index in [1.54, 1.807) is 24.3 Å². The fraction of sp³-hybridized carbons (Fsp3) is 0.222. The highest BCUT2D eigenvalue weighted by atomic mass is 16.6. The number of ether oxygens (including phenoxy) is 3. The second kappa shape index (κ2) is 8.44. The van der Waals surface area contributed by atoms with E-state index in [2.05, 4.69) is 0 Å². The van der Waals surface area contributed by atoms with Crippen LogP contribution in [0.3, 0.4) is 0 Å². The normalized spacial score (nSPS) is 9.74. The second-order valence-electron chi connectivity index (χ2n) is 4.78. The first-order chi connectivity index (χ1) is 11.2. The molecule has 0 aliphatic heterocycles. The van der Waals surface area contributed by atoms with Crippen molar-refractivity contribution in [1.82, 2.24) is 0 Å². The Kier molecular flexibility index (Phi) is 6.01. The molecule has 0 unspecified atom stereocenters. The number of carbonyl (C=O) groups excluding carboxylic acids is 1. The monoisotopic (exact) mass is 311 g/mol. The van der Waals surface area contributed by atoms with Gasteiger partial charge in [-0.15, -0.1) is 0 Å². The number of aryl methyl sites for hydroxylation is 1. The minimum atomic E-state index is -0.509. The first-order valence-corrected chi connectivity index (χ1v) is 7.16. The van der Waals surface area contributed by atoms with E-state index < -0.39 is 5.97 Å². The Labute approximate surface area is 135 Å². The molecule has 0 heterocycles. The van der Waals surface area contributed by atoms with Gasteiger partial charge in [-0.1, -0.05) is 24.3 Å². The van der Waals surface area contributed by atoms with Gasteiger partial charge in [0.05, 0.1) is 5.56 Å². The van der Waals surface area contributed by atoms with Crippen molar-refractivity contribution in [2.45, 2.75) is 6.92 Å². The summed E-state index contributed by atoms with van der Waals surface area (Å²) in [4.78, 5) is 11.6. The third-order valence-corrected chi connectivity index (χ3v) is 2.96. The van der Waals surface area contributed by atoms with E-state index in [-0.39, 0.29) is 19.8 Å². The summed E-state index contributed by atoms with van der Waals surface area (Å²) in [6.45, 7) is 2.13. The van der Waals surface area contributed by atoms with Crippen LogP contribution in [0.1, 0.15) is 11.1 Å². The lowest BCUT2D eigenvalue weighted by molar-refractivity contribution is -0.146. The summed E-state index contributed by atoms with van der Waals surface area (Å²) in [6.07, 6.45) is 0. The van der Waals surface area contributed by atoms with Gasteiger partial charge in [-0.3, -0.25) is 0 Å². The number of rotatable bonds is 7. The lowest BCUT2D eigenvalue weighted by Gasteiger charge is -2.09. The predicted molar refractivity (Wildman–Crippen MR) is 84.3 cm³/mol. The van der Waals surface area contributed by atoms with Gasteiger partial charge >= 0.3 is 5.97 Å². The average molecular weight is 311 g/mol. The smallest absolute Gasteiger partial charge is 0.344 e. The van der Waals surface area contributed by atoms with Gasteiger partial charge in [-0.05, 0) is 36.8 Å². The third kappa shape index (κ3) is 5.36. The van der Waals surface area contributed by atoms with Crippen LogP contribution in [0.4, 0.5) is 0 Å². The number of benzene rings is 2. The molecule has 2 aromatic carbocycles. The molecule has 0 saturated heterocycles. The maximum atomic E-state index is 11.6. The van der Waals surface area contributed by atoms with Gasteiger partial charge in [0.1, 0.15) is 30.8 Å². The highest BCUT2D eigenvalue weighted by Gasteiger charge is 2.07. The summed E-state index contributed by atoms with van der Waals surface area (Å²) in [5, 5.41) is 8.92. The van der Waals surface area contributed by atoms with Crippen LogP contribution in [0.2, 0.25) is 0 Å². The Morgan fingerprint density at radius 3 is 2.70 bits per heavy atom. The zero-order valence-corrected chi connectivity index (χ0v) is 12.8. The van der Waals surface area contributed by atoms with Crippen LogP contribution in [0.25, 0.3) is 0 Å². The molecule has 5 nitrogen and oxygen atoms in total. The van der Waals surface area contributed by atoms with Crippen LogP contribution in [0.15, 0.2) is 48.5 Å². The van der Waals surface area contributed by atoms with Crippen molar-refractivity contribution in [3.63, 3.8) is 0 Å². The molecule has 2 aromatic rings. The SMILES string of the molecule is Cc1cccc(OCCOC(=O)COc2ccccc2C#N)c1. The predicted octanol–water partition coefficient (Wildman–Crippen LogP) is 2.87. The van der Waals surface area contributed by atoms with Crippen molar-refractivity contribution < 1.29 is 19.0 Å². The Morgan fingerprint density at radius 2 is 1.91 bits per heavy atom. The van der Waals surface area contributed by atoms with E-state index in [4.69, 9.17) is 19.5 Å². The summed E-state index contributed by atoms with van der Waals surface area (Å²) in [6, 6.07) is 16.3. The molecule has 5 heteroatoms. The quantitative estimate of drug-likeness (QED) is 0.581. The van der Waals surface area contributed by atoms with Crippen molar-refractivity contribution in [3.05, 3.63) is 59.7 Å². The second-order valence-corrected chi connectivity index (χ2v) is 4.78. The lowest BCUT2D eigenvalue weighted by atomic mass is 10.2. The maximum Gasteiger partial charge on any atom is 0.344 e. The molecule has 2 rings (SSSR count). The fourth-order valence-corrected chi connectivity index (χ4v) is 1.88. The molecule has 0 atom stereocenters. The third-order valence-electron chi connectivity index (χ3n) is 2.96. The largest absolute Gasteiger partial charge is 0.490 e. The first-order valence-electron chi connectivity index (χ1n) is 7.16. The fourth-order valence-electron chi connectivity index (χ4n) is 1.88. The minimum absolute atomic E-state index is 0.135. The molecule has 0 saturated carbocycles. The summed E-state index contributed by atoms with van der Waals surface area (Å²) < 4.78 is 15.8. The highest BCUT2D eigenvalue weighted by Crippen LogP contribution is 2.16. The van der Waals surface area contributed by atoms with Crippen molar-refractivity contribution in [2.24, 2.45) is 0 Å². The van der Waals surface area contributed by atoms with Gasteiger partial charge in [0.25, 0.3) is 0 Å². The van der Waals surface area contributed by atoms with Gasteiger partial charge < -0.3 is 14.2 Å². The Balaban J connectivity index is 1.68. The molecule has 0 N–H and O–H groups in total. The molecule has 0 aromatic heterocycles. The van der Waals surface area contributed by atoms with Gasteiger partial charge in [-0.25, -0.2) is 4.79 Å². The van der Waals surface area contributed by atoms with Gasteiger partial charge in [-0.2, -0.15) is 5.26 Å². The Hall–Kier alpha value is -3.00. The van der Waals surface area contributed by atoms with E-state index in [1.807, 2.05) is 37.3 Å². The van der Waals surface area contributed by atoms with E-state index >= 15 is 0 Å². The topological polar surface area (TPSA) is 68.6 Å². The van der Waals surface area contributed by atoms with Crippen LogP contribution >= 0.6 is 0 Å². The van der Waals surface area contributed by atoms with E-state index in [0.29, 0.717) is 11.3 Å². The summed E-state index contributed by atoms with van der Waals surface area (Å²) in [5.41, 5.74) is 1.48. The number of nitriles is 1. The summed E-state index contributed by atoms with van der Waals surface area (Å²) >= 11 is 0. The number of para-hydroxylation sites is 1. The van der Waals surface area contributed by atoms with Gasteiger partial charge in [0.15, 0.2) is 6.61 Å². The van der Waals surface area contributed by atoms with Crippen LogP contribution in [-0.4, -0.2) is 25.8 Å². The van der Waals surface area contributed by atoms with Gasteiger partial charge in [0.2, 0.25) is 0 Å². The molecule has 0 spiro atoms. The standard InChI is InChI=1S/C18H17NO4/c1-14-5-4-7-16(11-14)21-9-10-22-18(20)13-23-17-8-3-2-6-15(17)12-19/h2-8,11H,9-10,13H2,1H3. The van der Waals surface area contributed by atoms with E-state index in [0.717, 1.165) is 11.3 Å². The molecule has 0 aliphatic rings. The molecular formula is C18H17NO4. The molecule has 0 fully saturated rings. The first kappa shape index (κ1) is 16.4. The molecule has 23 heavy (non-hydrogen) atoms. The molecule has 118 valence electrons. The van der Waals surface area contributed by atoms with Crippen molar-refractivity contribution in [3.8, 4) is 17.6 Å². The highest BCUT2D eigenvalue weighted by molar-refractivity contribution is 5.71. The molecule has 0 bridgehead atoms. The van der Waals surface area contributed by atoms with E-state index in [1.165, 1.54) is 0 Å². The van der Waals surface area contributed by atoms with Crippen LogP contribution in [0.5, 0.6) is 11.5 Å². The van der Waals surface area contributed by atoms with Crippen LogP contribution < -0.4 is 9.47 Å². The summed E-state index contributed by atoms with van der Waals surface area (Å²) in [5.74, 6) is 0.591. The van der Waals surface area contributed by atoms with Gasteiger partial charge in [0, 0.05) is 0 Å². The molecule has 0 radical (unpaired) electrons.